The van der Waals surface area contributed by atoms with E-state index in [1.807, 2.05) is 57.7 Å². The van der Waals surface area contributed by atoms with E-state index in [0.717, 1.165) is 56.9 Å². The van der Waals surface area contributed by atoms with Gasteiger partial charge in [-0.1, -0.05) is 57.8 Å². The summed E-state index contributed by atoms with van der Waals surface area (Å²) in [5.74, 6) is -0.182. The molecule has 0 aliphatic heterocycles. The Morgan fingerprint density at radius 2 is 1.29 bits per heavy atom. The first-order chi connectivity index (χ1) is 23.6. The molecule has 0 fully saturated rings. The number of halogens is 2. The monoisotopic (exact) mass is 782 g/mol. The zero-order valence-corrected chi connectivity index (χ0v) is 29.9. The van der Waals surface area contributed by atoms with Gasteiger partial charge in [0.1, 0.15) is 0 Å². The number of aryl methyl sites for hydroxylation is 2. The highest BCUT2D eigenvalue weighted by molar-refractivity contribution is 9.10. The average molecular weight is 785 g/mol. The molecule has 0 saturated carbocycles. The number of carbonyl (C=O) groups excluding carboxylic acids is 1. The molecule has 0 saturated heterocycles. The van der Waals surface area contributed by atoms with E-state index in [1.165, 1.54) is 12.1 Å². The largest absolute Gasteiger partial charge is 0.478 e. The van der Waals surface area contributed by atoms with Crippen LogP contribution in [0.1, 0.15) is 58.5 Å². The molecule has 4 aromatic carbocycles. The lowest BCUT2D eigenvalue weighted by Crippen LogP contribution is -2.16. The maximum absolute atomic E-state index is 12.5. The third-order valence-corrected chi connectivity index (χ3v) is 8.05. The molecule has 11 nitrogen and oxygen atoms in total. The summed E-state index contributed by atoms with van der Waals surface area (Å²) < 4.78 is 6.01. The third-order valence-electron chi connectivity index (χ3n) is 7.06. The van der Waals surface area contributed by atoms with Gasteiger partial charge in [0.25, 0.3) is 5.91 Å². The van der Waals surface area contributed by atoms with Crippen LogP contribution in [-0.2, 0) is 13.1 Å². The number of hydrogen-bond donors (Lipinski definition) is 3. The van der Waals surface area contributed by atoms with Crippen LogP contribution in [0.4, 0.5) is 11.9 Å². The normalized spacial score (nSPS) is 10.2. The van der Waals surface area contributed by atoms with Gasteiger partial charge in [0.15, 0.2) is 0 Å². The van der Waals surface area contributed by atoms with Crippen LogP contribution >= 0.6 is 31.9 Å². The van der Waals surface area contributed by atoms with Crippen molar-refractivity contribution >= 4 is 77.7 Å². The molecule has 49 heavy (non-hydrogen) atoms. The average Bonchev–Trinajstić information content (AvgIpc) is 3.59. The highest BCUT2D eigenvalue weighted by Gasteiger charge is 2.15. The number of rotatable bonds is 7. The topological polar surface area (TPSA) is 176 Å². The molecule has 6 aromatic rings. The van der Waals surface area contributed by atoms with Gasteiger partial charge in [0.05, 0.1) is 50.9 Å². The van der Waals surface area contributed by atoms with Crippen molar-refractivity contribution in [2.24, 2.45) is 0 Å². The van der Waals surface area contributed by atoms with Gasteiger partial charge in [-0.15, -0.1) is 0 Å². The lowest BCUT2D eigenvalue weighted by molar-refractivity contribution is 0.0696. The second kappa shape index (κ2) is 17.1. The van der Waals surface area contributed by atoms with Crippen LogP contribution in [0.2, 0.25) is 0 Å². The summed E-state index contributed by atoms with van der Waals surface area (Å²) in [5.41, 5.74) is 11.1. The summed E-state index contributed by atoms with van der Waals surface area (Å²) >= 11 is 6.86. The Hall–Kier alpha value is -5.50. The first-order valence-electron chi connectivity index (χ1n) is 15.2. The molecule has 0 aliphatic carbocycles. The Balaban J connectivity index is 0.000000183. The number of nitrogens with zero attached hydrogens (tertiary/aromatic N) is 6. The van der Waals surface area contributed by atoms with Gasteiger partial charge in [0, 0.05) is 27.6 Å². The van der Waals surface area contributed by atoms with Crippen molar-refractivity contribution in [2.45, 2.75) is 39.8 Å². The molecular formula is C36H32Br2N8O3. The van der Waals surface area contributed by atoms with Crippen LogP contribution < -0.4 is 11.1 Å². The molecule has 13 heteroatoms. The second-order valence-electron chi connectivity index (χ2n) is 10.6. The Morgan fingerprint density at radius 3 is 1.84 bits per heavy atom. The number of aromatic nitrogens is 4. The number of nitrogens with one attached hydrogen (secondary N) is 1. The van der Waals surface area contributed by atoms with E-state index in [-0.39, 0.29) is 11.5 Å². The van der Waals surface area contributed by atoms with Crippen molar-refractivity contribution in [3.05, 3.63) is 116 Å². The maximum Gasteiger partial charge on any atom is 0.335 e. The standard InChI is InChI=1S/C18H15BrN4O.C10H12BrN3.C8H5NO2/c1-2-8-23-16-7-6-14(19)10-15(16)21-18(23)22-17(24)13-5-3-4-12(9-13)11-20;1-2-5-14-9-4-3-7(11)6-8(9)13-10(14)12;9-5-6-2-1-3-7(4-6)8(10)11/h3-7,9-10H,2,8H2,1H3,(H,21,22,24);3-4,6H,2,5H2,1H3,(H2,12,13);1-4H,(H,10,11). The zero-order valence-electron chi connectivity index (χ0n) is 26.7. The number of imidazole rings is 2. The van der Waals surface area contributed by atoms with Gasteiger partial charge in [-0.2, -0.15) is 10.5 Å². The number of carboxylic acids is 1. The van der Waals surface area contributed by atoms with Crippen molar-refractivity contribution in [3.63, 3.8) is 0 Å². The Labute approximate surface area is 299 Å². The summed E-state index contributed by atoms with van der Waals surface area (Å²) in [6, 6.07) is 28.3. The molecule has 0 bridgehead atoms. The molecule has 0 aliphatic rings. The van der Waals surface area contributed by atoms with Crippen LogP contribution in [0.5, 0.6) is 0 Å². The predicted octanol–water partition coefficient (Wildman–Crippen LogP) is 8.38. The Bertz CT molecular complexity index is 2210. The molecule has 4 N–H and O–H groups in total. The number of carboxylic acid groups (broad SMARTS) is 1. The molecule has 0 unspecified atom stereocenters. The minimum atomic E-state index is -1.01. The Kier molecular flexibility index (Phi) is 12.7. The minimum absolute atomic E-state index is 0.143. The molecule has 2 aromatic heterocycles. The number of nitriles is 2. The van der Waals surface area contributed by atoms with E-state index in [0.29, 0.717) is 28.6 Å². The molecule has 0 spiro atoms. The first-order valence-corrected chi connectivity index (χ1v) is 16.8. The fourth-order valence-corrected chi connectivity index (χ4v) is 5.55. The first kappa shape index (κ1) is 36.3. The summed E-state index contributed by atoms with van der Waals surface area (Å²) in [6.45, 7) is 5.88. The minimum Gasteiger partial charge on any atom is -0.478 e. The van der Waals surface area contributed by atoms with Crippen LogP contribution in [0.3, 0.4) is 0 Å². The summed E-state index contributed by atoms with van der Waals surface area (Å²) in [5, 5.41) is 28.7. The van der Waals surface area contributed by atoms with Gasteiger partial charge in [0.2, 0.25) is 11.9 Å². The predicted molar refractivity (Wildman–Crippen MR) is 197 cm³/mol. The third kappa shape index (κ3) is 9.32. The fourth-order valence-electron chi connectivity index (χ4n) is 4.85. The highest BCUT2D eigenvalue weighted by Crippen LogP contribution is 2.25. The molecule has 6 rings (SSSR count). The number of aromatic carboxylic acids is 1. The molecule has 248 valence electrons. The van der Waals surface area contributed by atoms with E-state index in [1.54, 1.807) is 36.4 Å². The maximum atomic E-state index is 12.5. The Morgan fingerprint density at radius 1 is 0.776 bits per heavy atom. The van der Waals surface area contributed by atoms with Crippen molar-refractivity contribution in [1.82, 2.24) is 19.1 Å². The molecule has 0 radical (unpaired) electrons. The highest BCUT2D eigenvalue weighted by atomic mass is 79.9. The number of benzene rings is 4. The lowest BCUT2D eigenvalue weighted by Gasteiger charge is -2.09. The van der Waals surface area contributed by atoms with Crippen LogP contribution in [0.25, 0.3) is 22.1 Å². The van der Waals surface area contributed by atoms with Gasteiger partial charge < -0.3 is 20.0 Å². The smallest absolute Gasteiger partial charge is 0.335 e. The summed E-state index contributed by atoms with van der Waals surface area (Å²) in [6.07, 6.45) is 1.99. The number of amides is 1. The fraction of sp³-hybridized carbons (Fsp3) is 0.167. The molecule has 0 atom stereocenters. The number of nitrogens with two attached hydrogens (primary N) is 1. The summed E-state index contributed by atoms with van der Waals surface area (Å²) in [7, 11) is 0. The van der Waals surface area contributed by atoms with Crippen LogP contribution in [0, 0.1) is 22.7 Å². The van der Waals surface area contributed by atoms with Crippen molar-refractivity contribution < 1.29 is 14.7 Å². The van der Waals surface area contributed by atoms with Gasteiger partial charge in [-0.25, -0.2) is 14.8 Å². The van der Waals surface area contributed by atoms with E-state index in [4.69, 9.17) is 21.4 Å². The van der Waals surface area contributed by atoms with E-state index < -0.39 is 5.97 Å². The SMILES string of the molecule is CCCn1c(N)nc2cc(Br)ccc21.CCCn1c(NC(=O)c2cccc(C#N)c2)nc2cc(Br)ccc21.N#Cc1cccc(C(=O)O)c1. The number of anilines is 2. The quantitative estimate of drug-likeness (QED) is 0.145. The van der Waals surface area contributed by atoms with Gasteiger partial charge in [-0.3, -0.25) is 10.1 Å². The number of fused-ring (bicyclic) bond motifs is 2. The zero-order chi connectivity index (χ0) is 35.5. The summed E-state index contributed by atoms with van der Waals surface area (Å²) in [4.78, 5) is 31.7. The van der Waals surface area contributed by atoms with E-state index >= 15 is 0 Å². The second-order valence-corrected chi connectivity index (χ2v) is 12.5. The molecular weight excluding hydrogens is 752 g/mol. The molecule has 2 heterocycles. The van der Waals surface area contributed by atoms with Gasteiger partial charge >= 0.3 is 5.97 Å². The van der Waals surface area contributed by atoms with Crippen molar-refractivity contribution in [3.8, 4) is 12.1 Å². The van der Waals surface area contributed by atoms with Crippen LogP contribution in [-0.4, -0.2) is 36.1 Å². The van der Waals surface area contributed by atoms with Crippen molar-refractivity contribution in [2.75, 3.05) is 11.1 Å². The van der Waals surface area contributed by atoms with Crippen LogP contribution in [0.15, 0.2) is 93.9 Å². The number of hydrogen-bond acceptors (Lipinski definition) is 7. The number of carbonyl (C=O) groups is 2. The lowest BCUT2D eigenvalue weighted by atomic mass is 10.1. The van der Waals surface area contributed by atoms with E-state index in [9.17, 15) is 9.59 Å². The van der Waals surface area contributed by atoms with Gasteiger partial charge in [-0.05, 0) is 85.6 Å². The number of nitrogen functional groups attached to an aromatic ring is 1. The van der Waals surface area contributed by atoms with E-state index in [2.05, 4.69) is 61.0 Å². The molecule has 1 amide bonds. The van der Waals surface area contributed by atoms with Crippen molar-refractivity contribution in [1.29, 1.82) is 10.5 Å².